The summed E-state index contributed by atoms with van der Waals surface area (Å²) in [6.07, 6.45) is 1.46. The third-order valence-electron chi connectivity index (χ3n) is 2.43. The van der Waals surface area contributed by atoms with Crippen molar-refractivity contribution in [3.05, 3.63) is 41.5 Å². The van der Waals surface area contributed by atoms with Crippen LogP contribution in [0.5, 0.6) is 0 Å². The van der Waals surface area contributed by atoms with Crippen molar-refractivity contribution >= 4 is 11.6 Å². The Morgan fingerprint density at radius 1 is 1.50 bits per heavy atom. The molecule has 0 bridgehead atoms. The van der Waals surface area contributed by atoms with E-state index in [1.165, 1.54) is 11.1 Å². The maximum atomic E-state index is 12.0. The second-order valence-corrected chi connectivity index (χ2v) is 4.07. The summed E-state index contributed by atoms with van der Waals surface area (Å²) in [7, 11) is 1.68. The molecule has 0 radical (unpaired) electrons. The van der Waals surface area contributed by atoms with Gasteiger partial charge in [0.1, 0.15) is 17.1 Å². The van der Waals surface area contributed by atoms with Gasteiger partial charge in [-0.2, -0.15) is 0 Å². The average Bonchev–Trinajstić information content (AvgIpc) is 2.75. The van der Waals surface area contributed by atoms with Crippen LogP contribution >= 0.6 is 0 Å². The molecule has 2 N–H and O–H groups in total. The van der Waals surface area contributed by atoms with E-state index in [0.717, 1.165) is 5.76 Å². The summed E-state index contributed by atoms with van der Waals surface area (Å²) < 4.78 is 4.95. The number of amides is 1. The summed E-state index contributed by atoms with van der Waals surface area (Å²) in [5, 5.41) is 3.84. The fourth-order valence-corrected chi connectivity index (χ4v) is 1.53. The molecule has 6 nitrogen and oxygen atoms in total. The lowest BCUT2D eigenvalue weighted by Crippen LogP contribution is -2.27. The number of hydrogen-bond acceptors (Lipinski definition) is 5. The predicted octanol–water partition coefficient (Wildman–Crippen LogP) is 1.23. The summed E-state index contributed by atoms with van der Waals surface area (Å²) >= 11 is 0. The third kappa shape index (κ3) is 2.65. The van der Waals surface area contributed by atoms with E-state index in [9.17, 15) is 4.79 Å². The molecule has 94 valence electrons. The Labute approximate surface area is 104 Å². The van der Waals surface area contributed by atoms with Crippen LogP contribution in [0.4, 0.5) is 5.69 Å². The Morgan fingerprint density at radius 3 is 2.83 bits per heavy atom. The molecule has 0 aliphatic rings. The van der Waals surface area contributed by atoms with Crippen LogP contribution in [0.15, 0.2) is 28.9 Å². The van der Waals surface area contributed by atoms with Crippen LogP contribution in [0, 0.1) is 6.92 Å². The molecule has 6 heteroatoms. The molecule has 0 aromatic carbocycles. The minimum absolute atomic E-state index is 0.185. The number of carbonyl (C=O) groups excluding carboxylic acids is 1. The van der Waals surface area contributed by atoms with Gasteiger partial charge in [0.25, 0.3) is 5.91 Å². The van der Waals surface area contributed by atoms with E-state index in [0.29, 0.717) is 23.6 Å². The van der Waals surface area contributed by atoms with Crippen molar-refractivity contribution in [2.45, 2.75) is 13.5 Å². The molecule has 0 saturated heterocycles. The summed E-state index contributed by atoms with van der Waals surface area (Å²) in [4.78, 5) is 17.5. The van der Waals surface area contributed by atoms with Crippen LogP contribution in [-0.4, -0.2) is 28.0 Å². The first-order valence-electron chi connectivity index (χ1n) is 5.45. The van der Waals surface area contributed by atoms with Crippen molar-refractivity contribution in [1.82, 2.24) is 15.0 Å². The number of nitrogen functional groups attached to an aromatic ring is 1. The van der Waals surface area contributed by atoms with Gasteiger partial charge >= 0.3 is 0 Å². The monoisotopic (exact) mass is 246 g/mol. The van der Waals surface area contributed by atoms with Crippen molar-refractivity contribution in [2.75, 3.05) is 12.8 Å². The Kier molecular flexibility index (Phi) is 3.27. The highest BCUT2D eigenvalue weighted by Crippen LogP contribution is 2.08. The lowest BCUT2D eigenvalue weighted by molar-refractivity contribution is 0.0776. The minimum Gasteiger partial charge on any atom is -0.397 e. The summed E-state index contributed by atoms with van der Waals surface area (Å²) in [6.45, 7) is 2.18. The minimum atomic E-state index is -0.185. The fourth-order valence-electron chi connectivity index (χ4n) is 1.53. The summed E-state index contributed by atoms with van der Waals surface area (Å²) in [6, 6.07) is 5.04. The second-order valence-electron chi connectivity index (χ2n) is 4.07. The van der Waals surface area contributed by atoms with Crippen molar-refractivity contribution in [3.63, 3.8) is 0 Å². The number of aromatic nitrogens is 2. The Bertz CT molecular complexity index is 547. The van der Waals surface area contributed by atoms with Gasteiger partial charge in [0, 0.05) is 13.1 Å². The zero-order valence-electron chi connectivity index (χ0n) is 10.3. The SMILES string of the molecule is Cc1cc(CN(C)C(=O)c2ccc(N)cn2)no1. The number of pyridine rings is 1. The number of hydrogen-bond donors (Lipinski definition) is 1. The predicted molar refractivity (Wildman–Crippen MR) is 65.7 cm³/mol. The highest BCUT2D eigenvalue weighted by Gasteiger charge is 2.14. The maximum Gasteiger partial charge on any atom is 0.272 e. The quantitative estimate of drug-likeness (QED) is 0.880. The van der Waals surface area contributed by atoms with Crippen LogP contribution in [0.3, 0.4) is 0 Å². The Hall–Kier alpha value is -2.37. The first-order chi connectivity index (χ1) is 8.56. The standard InChI is InChI=1S/C12H14N4O2/c1-8-5-10(15-18-8)7-16(2)12(17)11-4-3-9(13)6-14-11/h3-6H,7,13H2,1-2H3. The van der Waals surface area contributed by atoms with Crippen molar-refractivity contribution in [1.29, 1.82) is 0 Å². The smallest absolute Gasteiger partial charge is 0.272 e. The molecule has 0 spiro atoms. The van der Waals surface area contributed by atoms with E-state index >= 15 is 0 Å². The molecule has 0 aliphatic heterocycles. The van der Waals surface area contributed by atoms with Gasteiger partial charge in [0.2, 0.25) is 0 Å². The number of anilines is 1. The van der Waals surface area contributed by atoms with Crippen LogP contribution in [0.2, 0.25) is 0 Å². The van der Waals surface area contributed by atoms with E-state index in [1.54, 1.807) is 32.2 Å². The van der Waals surface area contributed by atoms with Crippen LogP contribution in [0.1, 0.15) is 21.9 Å². The topological polar surface area (TPSA) is 85.2 Å². The number of rotatable bonds is 3. The van der Waals surface area contributed by atoms with Gasteiger partial charge in [-0.3, -0.25) is 4.79 Å². The highest BCUT2D eigenvalue weighted by molar-refractivity contribution is 5.92. The molecular formula is C12H14N4O2. The van der Waals surface area contributed by atoms with Crippen LogP contribution < -0.4 is 5.73 Å². The molecular weight excluding hydrogens is 232 g/mol. The number of nitrogens with two attached hydrogens (primary N) is 1. The number of carbonyl (C=O) groups is 1. The first-order valence-corrected chi connectivity index (χ1v) is 5.45. The van der Waals surface area contributed by atoms with Gasteiger partial charge in [-0.15, -0.1) is 0 Å². The van der Waals surface area contributed by atoms with Crippen LogP contribution in [-0.2, 0) is 6.54 Å². The van der Waals surface area contributed by atoms with Gasteiger partial charge in [-0.1, -0.05) is 5.16 Å². The van der Waals surface area contributed by atoms with E-state index < -0.39 is 0 Å². The molecule has 0 aliphatic carbocycles. The van der Waals surface area contributed by atoms with Gasteiger partial charge in [0.15, 0.2) is 0 Å². The molecule has 2 rings (SSSR count). The summed E-state index contributed by atoms with van der Waals surface area (Å²) in [5.41, 5.74) is 7.11. The zero-order valence-corrected chi connectivity index (χ0v) is 10.3. The van der Waals surface area contributed by atoms with Crippen molar-refractivity contribution < 1.29 is 9.32 Å². The van der Waals surface area contributed by atoms with Gasteiger partial charge < -0.3 is 15.2 Å². The first kappa shape index (κ1) is 12.1. The number of aryl methyl sites for hydroxylation is 1. The molecule has 0 unspecified atom stereocenters. The molecule has 1 amide bonds. The Balaban J connectivity index is 2.07. The third-order valence-corrected chi connectivity index (χ3v) is 2.43. The molecule has 2 aromatic heterocycles. The lowest BCUT2D eigenvalue weighted by Gasteiger charge is -2.14. The maximum absolute atomic E-state index is 12.0. The normalized spacial score (nSPS) is 10.3. The zero-order chi connectivity index (χ0) is 13.1. The van der Waals surface area contributed by atoms with Gasteiger partial charge in [-0.05, 0) is 19.1 Å². The van der Waals surface area contributed by atoms with Crippen molar-refractivity contribution in [2.24, 2.45) is 0 Å². The highest BCUT2D eigenvalue weighted by atomic mass is 16.5. The molecule has 0 saturated carbocycles. The number of nitrogens with zero attached hydrogens (tertiary/aromatic N) is 3. The second kappa shape index (κ2) is 4.87. The molecule has 0 atom stereocenters. The van der Waals surface area contributed by atoms with E-state index in [2.05, 4.69) is 10.1 Å². The van der Waals surface area contributed by atoms with Crippen molar-refractivity contribution in [3.8, 4) is 0 Å². The molecule has 18 heavy (non-hydrogen) atoms. The molecule has 2 heterocycles. The van der Waals surface area contributed by atoms with Gasteiger partial charge in [-0.25, -0.2) is 4.98 Å². The van der Waals surface area contributed by atoms with E-state index in [-0.39, 0.29) is 5.91 Å². The molecule has 0 fully saturated rings. The average molecular weight is 246 g/mol. The largest absolute Gasteiger partial charge is 0.397 e. The van der Waals surface area contributed by atoms with E-state index in [4.69, 9.17) is 10.3 Å². The molecule has 2 aromatic rings. The van der Waals surface area contributed by atoms with Crippen LogP contribution in [0.25, 0.3) is 0 Å². The van der Waals surface area contributed by atoms with Gasteiger partial charge in [0.05, 0.1) is 18.4 Å². The summed E-state index contributed by atoms with van der Waals surface area (Å²) in [5.74, 6) is 0.534. The Morgan fingerprint density at radius 2 is 2.28 bits per heavy atom. The lowest BCUT2D eigenvalue weighted by atomic mass is 10.3. The van der Waals surface area contributed by atoms with E-state index in [1.807, 2.05) is 0 Å². The fraction of sp³-hybridized carbons (Fsp3) is 0.250.